The number of hydrogen-bond donors (Lipinski definition) is 2. The summed E-state index contributed by atoms with van der Waals surface area (Å²) in [4.78, 5) is 23.4. The van der Waals surface area contributed by atoms with Gasteiger partial charge in [-0.3, -0.25) is 9.59 Å². The number of primary amides is 1. The Morgan fingerprint density at radius 2 is 1.83 bits per heavy atom. The Balaban J connectivity index is 2.13. The minimum Gasteiger partial charge on any atom is -0.493 e. The number of benzene rings is 2. The second-order valence-corrected chi connectivity index (χ2v) is 4.70. The van der Waals surface area contributed by atoms with Gasteiger partial charge in [0.25, 0.3) is 5.91 Å². The van der Waals surface area contributed by atoms with E-state index in [9.17, 15) is 9.59 Å². The number of nitrogens with one attached hydrogen (secondary N) is 1. The summed E-state index contributed by atoms with van der Waals surface area (Å²) in [5.41, 5.74) is 6.73. The average Bonchev–Trinajstić information content (AvgIpc) is 2.54. The molecule has 2 aromatic carbocycles. The third-order valence-electron chi connectivity index (χ3n) is 3.08. The van der Waals surface area contributed by atoms with E-state index < -0.39 is 5.91 Å². The second kappa shape index (κ2) is 7.79. The molecule has 3 N–H and O–H groups in total. The molecule has 0 saturated carbocycles. The molecule has 2 amide bonds. The quantitative estimate of drug-likeness (QED) is 0.805. The molecule has 0 bridgehead atoms. The number of hydrogen-bond acceptors (Lipinski definition) is 3. The topological polar surface area (TPSA) is 81.4 Å². The van der Waals surface area contributed by atoms with Gasteiger partial charge in [-0.25, -0.2) is 0 Å². The van der Waals surface area contributed by atoms with Gasteiger partial charge in [0, 0.05) is 11.6 Å². The molecule has 0 atom stereocenters. The molecule has 0 aromatic heterocycles. The van der Waals surface area contributed by atoms with Crippen LogP contribution >= 0.6 is 0 Å². The molecule has 0 saturated heterocycles. The molecule has 118 valence electrons. The van der Waals surface area contributed by atoms with Crippen molar-refractivity contribution < 1.29 is 14.3 Å². The van der Waals surface area contributed by atoms with Crippen LogP contribution in [-0.2, 0) is 4.79 Å². The average molecular weight is 310 g/mol. The molecule has 2 rings (SSSR count). The Kier molecular flexibility index (Phi) is 5.52. The first-order valence-electron chi connectivity index (χ1n) is 7.21. The lowest BCUT2D eigenvalue weighted by Gasteiger charge is -2.07. The van der Waals surface area contributed by atoms with Crippen molar-refractivity contribution in [2.45, 2.75) is 6.92 Å². The van der Waals surface area contributed by atoms with E-state index in [-0.39, 0.29) is 11.5 Å². The predicted molar refractivity (Wildman–Crippen MR) is 90.2 cm³/mol. The molecule has 0 aliphatic heterocycles. The Bertz CT molecular complexity index is 739. The first-order chi connectivity index (χ1) is 11.1. The van der Waals surface area contributed by atoms with E-state index in [0.717, 1.165) is 5.56 Å². The molecule has 0 spiro atoms. The molecule has 0 heterocycles. The molecule has 0 unspecified atom stereocenters. The zero-order valence-electron chi connectivity index (χ0n) is 12.8. The molecule has 0 aliphatic rings. The van der Waals surface area contributed by atoms with Crippen LogP contribution in [-0.4, -0.2) is 18.4 Å². The maximum absolute atomic E-state index is 12.0. The summed E-state index contributed by atoms with van der Waals surface area (Å²) in [6.07, 6.45) is 3.04. The molecule has 0 radical (unpaired) electrons. The lowest BCUT2D eigenvalue weighted by atomic mass is 10.1. The van der Waals surface area contributed by atoms with Gasteiger partial charge in [-0.15, -0.1) is 0 Å². The standard InChI is InChI=1S/C18H18N2O3/c1-2-23-16-10-6-3-7-13(16)11-12-17(21)20-15-9-5-4-8-14(15)18(19)22/h3-12H,2H2,1H3,(H2,19,22)(H,20,21). The van der Waals surface area contributed by atoms with Crippen molar-refractivity contribution in [2.24, 2.45) is 5.73 Å². The summed E-state index contributed by atoms with van der Waals surface area (Å²) in [5, 5.41) is 2.65. The smallest absolute Gasteiger partial charge is 0.250 e. The monoisotopic (exact) mass is 310 g/mol. The Morgan fingerprint density at radius 1 is 1.13 bits per heavy atom. The van der Waals surface area contributed by atoms with Crippen molar-refractivity contribution in [3.8, 4) is 5.75 Å². The second-order valence-electron chi connectivity index (χ2n) is 4.70. The number of ether oxygens (including phenoxy) is 1. The van der Waals surface area contributed by atoms with Gasteiger partial charge in [0.1, 0.15) is 5.75 Å². The number of amides is 2. The summed E-state index contributed by atoms with van der Waals surface area (Å²) >= 11 is 0. The van der Waals surface area contributed by atoms with Gasteiger partial charge in [-0.2, -0.15) is 0 Å². The van der Waals surface area contributed by atoms with Crippen molar-refractivity contribution in [1.82, 2.24) is 0 Å². The van der Waals surface area contributed by atoms with Gasteiger partial charge in [0.15, 0.2) is 0 Å². The fourth-order valence-corrected chi connectivity index (χ4v) is 2.05. The van der Waals surface area contributed by atoms with Gasteiger partial charge in [-0.05, 0) is 31.2 Å². The Labute approximate surface area is 134 Å². The zero-order valence-corrected chi connectivity index (χ0v) is 12.8. The summed E-state index contributed by atoms with van der Waals surface area (Å²) < 4.78 is 5.49. The van der Waals surface area contributed by atoms with Gasteiger partial charge in [-0.1, -0.05) is 30.3 Å². The van der Waals surface area contributed by atoms with Crippen molar-refractivity contribution in [1.29, 1.82) is 0 Å². The molecule has 0 aliphatic carbocycles. The molecule has 2 aromatic rings. The highest BCUT2D eigenvalue weighted by Gasteiger charge is 2.08. The Morgan fingerprint density at radius 3 is 2.57 bits per heavy atom. The molecule has 5 heteroatoms. The van der Waals surface area contributed by atoms with Crippen LogP contribution in [0.5, 0.6) is 5.75 Å². The highest BCUT2D eigenvalue weighted by atomic mass is 16.5. The van der Waals surface area contributed by atoms with Gasteiger partial charge >= 0.3 is 0 Å². The van der Waals surface area contributed by atoms with Crippen molar-refractivity contribution in [2.75, 3.05) is 11.9 Å². The predicted octanol–water partition coefficient (Wildman–Crippen LogP) is 2.84. The maximum Gasteiger partial charge on any atom is 0.250 e. The molecular formula is C18H18N2O3. The minimum atomic E-state index is -0.591. The van der Waals surface area contributed by atoms with Gasteiger partial charge < -0.3 is 15.8 Å². The fourth-order valence-electron chi connectivity index (χ4n) is 2.05. The highest BCUT2D eigenvalue weighted by molar-refractivity contribution is 6.07. The van der Waals surface area contributed by atoms with Gasteiger partial charge in [0.2, 0.25) is 5.91 Å². The molecule has 0 fully saturated rings. The van der Waals surface area contributed by atoms with E-state index in [1.54, 1.807) is 30.3 Å². The van der Waals surface area contributed by atoms with Crippen LogP contribution in [0.15, 0.2) is 54.6 Å². The lowest BCUT2D eigenvalue weighted by molar-refractivity contribution is -0.111. The van der Waals surface area contributed by atoms with Crippen LogP contribution in [0.3, 0.4) is 0 Å². The van der Waals surface area contributed by atoms with Crippen LogP contribution in [0, 0.1) is 0 Å². The van der Waals surface area contributed by atoms with Crippen LogP contribution in [0.25, 0.3) is 6.08 Å². The molecular weight excluding hydrogens is 292 g/mol. The minimum absolute atomic E-state index is 0.268. The number of rotatable bonds is 6. The van der Waals surface area contributed by atoms with E-state index in [1.165, 1.54) is 6.08 Å². The largest absolute Gasteiger partial charge is 0.493 e. The number of nitrogens with two attached hydrogens (primary N) is 1. The SMILES string of the molecule is CCOc1ccccc1C=CC(=O)Nc1ccccc1C(N)=O. The summed E-state index contributed by atoms with van der Waals surface area (Å²) in [6.45, 7) is 2.44. The van der Waals surface area contributed by atoms with Crippen LogP contribution < -0.4 is 15.8 Å². The van der Waals surface area contributed by atoms with E-state index >= 15 is 0 Å². The first kappa shape index (κ1) is 16.3. The normalized spacial score (nSPS) is 10.5. The summed E-state index contributed by atoms with van der Waals surface area (Å²) in [7, 11) is 0. The lowest BCUT2D eigenvalue weighted by Crippen LogP contribution is -2.16. The van der Waals surface area contributed by atoms with Crippen LogP contribution in [0.2, 0.25) is 0 Å². The number of carbonyl (C=O) groups excluding carboxylic acids is 2. The first-order valence-corrected chi connectivity index (χ1v) is 7.21. The van der Waals surface area contributed by atoms with Crippen LogP contribution in [0.4, 0.5) is 5.69 Å². The number of para-hydroxylation sites is 2. The molecule has 23 heavy (non-hydrogen) atoms. The summed E-state index contributed by atoms with van der Waals surface area (Å²) in [6, 6.07) is 14.0. The van der Waals surface area contributed by atoms with Crippen molar-refractivity contribution in [3.05, 3.63) is 65.7 Å². The van der Waals surface area contributed by atoms with E-state index in [0.29, 0.717) is 18.0 Å². The number of carbonyl (C=O) groups is 2. The highest BCUT2D eigenvalue weighted by Crippen LogP contribution is 2.19. The zero-order chi connectivity index (χ0) is 16.7. The van der Waals surface area contributed by atoms with E-state index in [4.69, 9.17) is 10.5 Å². The Hall–Kier alpha value is -3.08. The van der Waals surface area contributed by atoms with Crippen molar-refractivity contribution in [3.63, 3.8) is 0 Å². The third-order valence-corrected chi connectivity index (χ3v) is 3.08. The van der Waals surface area contributed by atoms with Gasteiger partial charge in [0.05, 0.1) is 17.9 Å². The fraction of sp³-hybridized carbons (Fsp3) is 0.111. The maximum atomic E-state index is 12.0. The molecule has 5 nitrogen and oxygen atoms in total. The van der Waals surface area contributed by atoms with E-state index in [1.807, 2.05) is 31.2 Å². The summed E-state index contributed by atoms with van der Waals surface area (Å²) in [5.74, 6) is -0.242. The number of anilines is 1. The third kappa shape index (κ3) is 4.44. The van der Waals surface area contributed by atoms with E-state index in [2.05, 4.69) is 5.32 Å². The van der Waals surface area contributed by atoms with Crippen molar-refractivity contribution >= 4 is 23.6 Å². The van der Waals surface area contributed by atoms with Crippen LogP contribution in [0.1, 0.15) is 22.8 Å².